The van der Waals surface area contributed by atoms with Crippen molar-refractivity contribution in [3.05, 3.63) is 89.5 Å². The van der Waals surface area contributed by atoms with Crippen molar-refractivity contribution in [3.8, 4) is 23.0 Å². The number of rotatable bonds is 2. The lowest BCUT2D eigenvalue weighted by atomic mass is 10.0. The van der Waals surface area contributed by atoms with Gasteiger partial charge in [-0.05, 0) is 42.0 Å². The summed E-state index contributed by atoms with van der Waals surface area (Å²) in [4.78, 5) is 3.60. The molecular formula is C21H11F2NS. The van der Waals surface area contributed by atoms with E-state index in [0.29, 0.717) is 5.56 Å². The number of hydrogen-bond donors (Lipinski definition) is 0. The number of nitrogens with zero attached hydrogens (tertiary/aromatic N) is 1. The number of aliphatic imine (C=N–C) groups is 1. The Labute approximate surface area is 149 Å². The summed E-state index contributed by atoms with van der Waals surface area (Å²) >= 11 is 4.45. The van der Waals surface area contributed by atoms with Crippen LogP contribution in [0.4, 0.5) is 14.5 Å². The molecule has 0 spiro atoms. The van der Waals surface area contributed by atoms with E-state index in [-0.39, 0.29) is 11.3 Å². The highest BCUT2D eigenvalue weighted by molar-refractivity contribution is 7.78. The number of isothiocyanates is 1. The van der Waals surface area contributed by atoms with Crippen LogP contribution in [-0.2, 0) is 0 Å². The first-order chi connectivity index (χ1) is 12.2. The first-order valence-corrected chi connectivity index (χ1v) is 7.82. The summed E-state index contributed by atoms with van der Waals surface area (Å²) in [7, 11) is 0. The summed E-state index contributed by atoms with van der Waals surface area (Å²) in [6.07, 6.45) is 0. The van der Waals surface area contributed by atoms with Crippen LogP contribution in [0.1, 0.15) is 11.1 Å². The Kier molecular flexibility index (Phi) is 5.11. The van der Waals surface area contributed by atoms with Crippen molar-refractivity contribution in [2.24, 2.45) is 4.99 Å². The van der Waals surface area contributed by atoms with Gasteiger partial charge in [-0.1, -0.05) is 42.2 Å². The Morgan fingerprint density at radius 1 is 0.760 bits per heavy atom. The second-order valence-corrected chi connectivity index (χ2v) is 5.36. The van der Waals surface area contributed by atoms with Crippen molar-refractivity contribution in [2.45, 2.75) is 0 Å². The normalized spacial score (nSPS) is 9.68. The number of thiocarbonyl (C=S) groups is 1. The van der Waals surface area contributed by atoms with Crippen molar-refractivity contribution >= 4 is 23.1 Å². The lowest BCUT2D eigenvalue weighted by Gasteiger charge is -2.06. The highest BCUT2D eigenvalue weighted by atomic mass is 32.1. The molecule has 25 heavy (non-hydrogen) atoms. The molecule has 3 rings (SSSR count). The Balaban J connectivity index is 1.91. The van der Waals surface area contributed by atoms with E-state index in [1.54, 1.807) is 24.3 Å². The molecule has 0 saturated carbocycles. The monoisotopic (exact) mass is 347 g/mol. The lowest BCUT2D eigenvalue weighted by Crippen LogP contribution is -1.90. The Hall–Kier alpha value is -3.12. The third-order valence-electron chi connectivity index (χ3n) is 3.50. The molecule has 0 saturated heterocycles. The third-order valence-corrected chi connectivity index (χ3v) is 3.59. The molecule has 0 aliphatic carbocycles. The maximum atomic E-state index is 14.2. The number of benzene rings is 3. The van der Waals surface area contributed by atoms with Crippen LogP contribution in [0, 0.1) is 23.5 Å². The van der Waals surface area contributed by atoms with Crippen LogP contribution in [0.25, 0.3) is 11.1 Å². The SMILES string of the molecule is Fc1cc(N=C=S)cc(F)c1-c1ccc(C#Cc2ccccc2)cc1. The molecular weight excluding hydrogens is 336 g/mol. The van der Waals surface area contributed by atoms with Gasteiger partial charge in [-0.25, -0.2) is 8.78 Å². The van der Waals surface area contributed by atoms with Crippen LogP contribution in [0.5, 0.6) is 0 Å². The molecule has 0 atom stereocenters. The average molecular weight is 347 g/mol. The van der Waals surface area contributed by atoms with E-state index in [1.807, 2.05) is 30.3 Å². The molecule has 1 nitrogen and oxygen atoms in total. The van der Waals surface area contributed by atoms with E-state index >= 15 is 0 Å². The molecule has 0 aromatic heterocycles. The predicted octanol–water partition coefficient (Wildman–Crippen LogP) is 5.77. The number of halogens is 2. The van der Waals surface area contributed by atoms with Crippen LogP contribution in [-0.4, -0.2) is 5.16 Å². The molecule has 0 amide bonds. The fourth-order valence-corrected chi connectivity index (χ4v) is 2.44. The third kappa shape index (κ3) is 4.05. The minimum Gasteiger partial charge on any atom is -0.206 e. The van der Waals surface area contributed by atoms with Crippen LogP contribution < -0.4 is 0 Å². The van der Waals surface area contributed by atoms with Gasteiger partial charge in [0.15, 0.2) is 0 Å². The largest absolute Gasteiger partial charge is 0.206 e. The maximum Gasteiger partial charge on any atom is 0.136 e. The van der Waals surface area contributed by atoms with Gasteiger partial charge in [0.1, 0.15) is 11.6 Å². The van der Waals surface area contributed by atoms with Gasteiger partial charge in [0.05, 0.1) is 16.4 Å². The second-order valence-electron chi connectivity index (χ2n) is 5.18. The summed E-state index contributed by atoms with van der Waals surface area (Å²) in [6.45, 7) is 0. The van der Waals surface area contributed by atoms with Gasteiger partial charge in [0.2, 0.25) is 0 Å². The fourth-order valence-electron chi connectivity index (χ4n) is 2.34. The molecule has 120 valence electrons. The summed E-state index contributed by atoms with van der Waals surface area (Å²) in [6, 6.07) is 18.6. The molecule has 0 N–H and O–H groups in total. The molecule has 4 heteroatoms. The van der Waals surface area contributed by atoms with Crippen molar-refractivity contribution in [3.63, 3.8) is 0 Å². The second kappa shape index (κ2) is 7.63. The minimum atomic E-state index is -0.702. The summed E-state index contributed by atoms with van der Waals surface area (Å²) in [5, 5.41) is 2.09. The van der Waals surface area contributed by atoms with Gasteiger partial charge in [-0.2, -0.15) is 4.99 Å². The maximum absolute atomic E-state index is 14.2. The molecule has 3 aromatic rings. The van der Waals surface area contributed by atoms with Crippen molar-refractivity contribution in [2.75, 3.05) is 0 Å². The van der Waals surface area contributed by atoms with Gasteiger partial charge in [0.25, 0.3) is 0 Å². The molecule has 0 radical (unpaired) electrons. The standard InChI is InChI=1S/C21H11F2NS/c22-19-12-18(24-14-25)13-20(23)21(19)17-10-8-16(9-11-17)7-6-15-4-2-1-3-5-15/h1-5,8-13H. The Morgan fingerprint density at radius 3 is 1.88 bits per heavy atom. The van der Waals surface area contributed by atoms with E-state index in [9.17, 15) is 8.78 Å². The molecule has 3 aromatic carbocycles. The molecule has 0 fully saturated rings. The van der Waals surface area contributed by atoms with Crippen molar-refractivity contribution in [1.29, 1.82) is 0 Å². The van der Waals surface area contributed by atoms with Gasteiger partial charge in [-0.3, -0.25) is 0 Å². The van der Waals surface area contributed by atoms with E-state index in [2.05, 4.69) is 34.2 Å². The van der Waals surface area contributed by atoms with Gasteiger partial charge >= 0.3 is 0 Å². The zero-order valence-corrected chi connectivity index (χ0v) is 13.8. The molecule has 0 bridgehead atoms. The van der Waals surface area contributed by atoms with E-state index in [1.165, 1.54) is 0 Å². The molecule has 0 aliphatic rings. The quantitative estimate of drug-likeness (QED) is 0.326. The Bertz CT molecular complexity index is 986. The van der Waals surface area contributed by atoms with Gasteiger partial charge < -0.3 is 0 Å². The summed E-state index contributed by atoms with van der Waals surface area (Å²) < 4.78 is 28.4. The van der Waals surface area contributed by atoms with Crippen LogP contribution in [0.15, 0.2) is 71.7 Å². The molecule has 0 unspecified atom stereocenters. The predicted molar refractivity (Wildman–Crippen MR) is 98.9 cm³/mol. The van der Waals surface area contributed by atoms with E-state index < -0.39 is 11.6 Å². The van der Waals surface area contributed by atoms with Crippen LogP contribution in [0.2, 0.25) is 0 Å². The minimum absolute atomic E-state index is 0.0964. The van der Waals surface area contributed by atoms with Crippen LogP contribution >= 0.6 is 12.2 Å². The molecule has 0 heterocycles. The van der Waals surface area contributed by atoms with Gasteiger partial charge in [-0.15, -0.1) is 0 Å². The smallest absolute Gasteiger partial charge is 0.136 e. The Morgan fingerprint density at radius 2 is 1.32 bits per heavy atom. The zero-order chi connectivity index (χ0) is 17.6. The van der Waals surface area contributed by atoms with Crippen molar-refractivity contribution in [1.82, 2.24) is 0 Å². The zero-order valence-electron chi connectivity index (χ0n) is 13.0. The van der Waals surface area contributed by atoms with E-state index in [0.717, 1.165) is 23.3 Å². The first kappa shape index (κ1) is 16.7. The average Bonchev–Trinajstić information content (AvgIpc) is 2.62. The van der Waals surface area contributed by atoms with E-state index in [4.69, 9.17) is 0 Å². The summed E-state index contributed by atoms with van der Waals surface area (Å²) in [5.41, 5.74) is 2.08. The van der Waals surface area contributed by atoms with Gasteiger partial charge in [0, 0.05) is 23.3 Å². The first-order valence-electron chi connectivity index (χ1n) is 7.42. The van der Waals surface area contributed by atoms with Crippen LogP contribution in [0.3, 0.4) is 0 Å². The molecule has 0 aliphatic heterocycles. The lowest BCUT2D eigenvalue weighted by molar-refractivity contribution is 0.590. The van der Waals surface area contributed by atoms with Crippen molar-refractivity contribution < 1.29 is 8.78 Å². The fraction of sp³-hybridized carbons (Fsp3) is 0. The highest BCUT2D eigenvalue weighted by Gasteiger charge is 2.13. The highest BCUT2D eigenvalue weighted by Crippen LogP contribution is 2.29. The summed E-state index contributed by atoms with van der Waals surface area (Å²) in [5.74, 6) is 4.66. The number of hydrogen-bond acceptors (Lipinski definition) is 2. The topological polar surface area (TPSA) is 12.4 Å².